The molecule has 1 aliphatic carbocycles. The van der Waals surface area contributed by atoms with Crippen LogP contribution in [0.4, 0.5) is 18.9 Å². The number of carbonyl (C=O) groups excluding carboxylic acids is 2. The first-order valence-electron chi connectivity index (χ1n) is 16.3. The van der Waals surface area contributed by atoms with Crippen LogP contribution in [0.5, 0.6) is 0 Å². The van der Waals surface area contributed by atoms with E-state index in [4.69, 9.17) is 0 Å². The quantitative estimate of drug-likeness (QED) is 0.244. The molecule has 3 aromatic carbocycles. The molecule has 0 radical (unpaired) electrons. The second kappa shape index (κ2) is 13.5. The van der Waals surface area contributed by atoms with Crippen LogP contribution in [0.15, 0.2) is 72.8 Å². The van der Waals surface area contributed by atoms with Crippen molar-refractivity contribution in [2.75, 3.05) is 57.8 Å². The Morgan fingerprint density at radius 1 is 0.804 bits per heavy atom. The van der Waals surface area contributed by atoms with Crippen LogP contribution < -0.4 is 15.5 Å². The Bertz CT molecular complexity index is 1500. The third kappa shape index (κ3) is 6.64. The highest BCUT2D eigenvalue weighted by Gasteiger charge is 2.51. The highest BCUT2D eigenvalue weighted by atomic mass is 19.4. The van der Waals surface area contributed by atoms with Crippen LogP contribution in [-0.4, -0.2) is 86.8 Å². The number of piperazine rings is 1. The third-order valence-electron chi connectivity index (χ3n) is 9.90. The molecule has 0 unspecified atom stereocenters. The molecule has 0 saturated carbocycles. The molecule has 6 rings (SSSR count). The molecule has 2 N–H and O–H groups in total. The van der Waals surface area contributed by atoms with Crippen molar-refractivity contribution in [3.05, 3.63) is 89.5 Å². The first-order valence-corrected chi connectivity index (χ1v) is 16.3. The number of para-hydroxylation sites is 1. The Labute approximate surface area is 268 Å². The first-order chi connectivity index (χ1) is 22.2. The molecule has 0 spiro atoms. The monoisotopic (exact) mass is 633 g/mol. The average molecular weight is 634 g/mol. The van der Waals surface area contributed by atoms with Gasteiger partial charge in [-0.25, -0.2) is 0 Å². The number of hydrogen-bond donors (Lipinski definition) is 2. The van der Waals surface area contributed by atoms with Crippen molar-refractivity contribution < 1.29 is 22.8 Å². The highest BCUT2D eigenvalue weighted by molar-refractivity contribution is 6.01. The lowest BCUT2D eigenvalue weighted by Gasteiger charge is -2.35. The summed E-state index contributed by atoms with van der Waals surface area (Å²) in [6.07, 6.45) is -1.53. The number of amides is 2. The lowest BCUT2D eigenvalue weighted by molar-refractivity contribution is -0.172. The fourth-order valence-electron chi connectivity index (χ4n) is 7.47. The summed E-state index contributed by atoms with van der Waals surface area (Å²) in [5.41, 5.74) is 3.18. The Morgan fingerprint density at radius 3 is 2.02 bits per heavy atom. The van der Waals surface area contributed by atoms with Crippen molar-refractivity contribution in [3.8, 4) is 11.1 Å². The van der Waals surface area contributed by atoms with Crippen molar-refractivity contribution in [2.24, 2.45) is 0 Å². The molecule has 2 aliphatic heterocycles. The molecule has 46 heavy (non-hydrogen) atoms. The van der Waals surface area contributed by atoms with E-state index in [1.165, 1.54) is 5.32 Å². The summed E-state index contributed by atoms with van der Waals surface area (Å²) >= 11 is 0. The minimum atomic E-state index is -4.82. The Morgan fingerprint density at radius 2 is 1.39 bits per heavy atom. The Balaban J connectivity index is 1.04. The molecule has 0 bridgehead atoms. The molecular formula is C36H42F3N5O2. The van der Waals surface area contributed by atoms with E-state index >= 15 is 0 Å². The maximum absolute atomic E-state index is 13.5. The van der Waals surface area contributed by atoms with Gasteiger partial charge in [-0.15, -0.1) is 0 Å². The molecule has 2 heterocycles. The van der Waals surface area contributed by atoms with Crippen molar-refractivity contribution in [3.63, 3.8) is 0 Å². The summed E-state index contributed by atoms with van der Waals surface area (Å²) in [6.45, 7) is 6.17. The molecule has 7 nitrogen and oxygen atoms in total. The molecule has 244 valence electrons. The predicted molar refractivity (Wildman–Crippen MR) is 174 cm³/mol. The van der Waals surface area contributed by atoms with E-state index in [2.05, 4.69) is 27.1 Å². The molecule has 10 heteroatoms. The van der Waals surface area contributed by atoms with Crippen LogP contribution in [0.1, 0.15) is 53.6 Å². The number of anilines is 1. The topological polar surface area (TPSA) is 67.9 Å². The lowest BCUT2D eigenvalue weighted by Crippen LogP contribution is -2.49. The predicted octanol–water partition coefficient (Wildman–Crippen LogP) is 5.41. The number of fused-ring (bicyclic) bond motifs is 3. The van der Waals surface area contributed by atoms with E-state index in [0.29, 0.717) is 23.1 Å². The lowest BCUT2D eigenvalue weighted by atomic mass is 9.73. The molecule has 2 amide bonds. The van der Waals surface area contributed by atoms with E-state index in [-0.39, 0.29) is 18.4 Å². The third-order valence-corrected chi connectivity index (χ3v) is 9.90. The Hall–Kier alpha value is -3.89. The van der Waals surface area contributed by atoms with Crippen LogP contribution in [0.3, 0.4) is 0 Å². The smallest absolute Gasteiger partial charge is 0.368 e. The molecule has 2 fully saturated rings. The van der Waals surface area contributed by atoms with Gasteiger partial charge in [0.1, 0.15) is 5.41 Å². The van der Waals surface area contributed by atoms with Crippen molar-refractivity contribution in [1.82, 2.24) is 20.4 Å². The molecule has 0 atom stereocenters. The van der Waals surface area contributed by atoms with Gasteiger partial charge in [-0.05, 0) is 73.7 Å². The maximum atomic E-state index is 13.5. The average Bonchev–Trinajstić information content (AvgIpc) is 3.34. The normalized spacial score (nSPS) is 18.6. The van der Waals surface area contributed by atoms with Crippen LogP contribution in [0, 0.1) is 0 Å². The number of piperidine rings is 1. The zero-order valence-corrected chi connectivity index (χ0v) is 26.3. The van der Waals surface area contributed by atoms with Gasteiger partial charge in [-0.3, -0.25) is 14.9 Å². The summed E-state index contributed by atoms with van der Waals surface area (Å²) in [7, 11) is 2.11. The van der Waals surface area contributed by atoms with Gasteiger partial charge in [0, 0.05) is 51.0 Å². The van der Waals surface area contributed by atoms with Gasteiger partial charge in [0.15, 0.2) is 0 Å². The largest absolute Gasteiger partial charge is 0.484 e. The van der Waals surface area contributed by atoms with E-state index in [0.717, 1.165) is 81.9 Å². The van der Waals surface area contributed by atoms with Crippen LogP contribution in [-0.2, 0) is 10.2 Å². The van der Waals surface area contributed by atoms with Crippen LogP contribution in [0.25, 0.3) is 11.1 Å². The number of hydrogen-bond acceptors (Lipinski definition) is 5. The molecular weight excluding hydrogens is 591 g/mol. The summed E-state index contributed by atoms with van der Waals surface area (Å²) < 4.78 is 40.4. The van der Waals surface area contributed by atoms with Crippen molar-refractivity contribution in [2.45, 2.75) is 49.9 Å². The van der Waals surface area contributed by atoms with Crippen molar-refractivity contribution in [1.29, 1.82) is 0 Å². The van der Waals surface area contributed by atoms with Gasteiger partial charge >= 0.3 is 6.30 Å². The summed E-state index contributed by atoms with van der Waals surface area (Å²) in [5.74, 6) is -1.06. The van der Waals surface area contributed by atoms with Gasteiger partial charge < -0.3 is 20.0 Å². The number of nitrogens with zero attached hydrogens (tertiary/aromatic N) is 3. The summed E-state index contributed by atoms with van der Waals surface area (Å²) in [4.78, 5) is 33.7. The second-order valence-electron chi connectivity index (χ2n) is 12.8. The number of likely N-dealkylation sites (tertiary alicyclic amines) is 1. The van der Waals surface area contributed by atoms with Gasteiger partial charge in [0.2, 0.25) is 5.91 Å². The molecule has 3 aliphatic rings. The van der Waals surface area contributed by atoms with Gasteiger partial charge in [0.05, 0.1) is 5.56 Å². The number of unbranched alkanes of at least 4 members (excludes halogenated alkanes) is 1. The van der Waals surface area contributed by atoms with E-state index in [1.54, 1.807) is 24.3 Å². The van der Waals surface area contributed by atoms with Crippen molar-refractivity contribution >= 4 is 17.5 Å². The highest BCUT2D eigenvalue weighted by Crippen LogP contribution is 2.51. The van der Waals surface area contributed by atoms with Gasteiger partial charge in [0.25, 0.3) is 5.91 Å². The number of rotatable bonds is 9. The standard InChI is InChI=1S/C36H42F3N5O2/c1-42-22-24-44(25-23-42)32-15-7-4-12-29(32)33(45)40-26-16-20-43(21-17-26)19-9-8-18-35(34(46)41-36(37,38)39)30-13-5-2-10-27(30)28-11-3-6-14-31(28)35/h2-7,10-15,26H,8-9,16-25H2,1H3,(H,40,45)(H,41,46). The number of nitrogens with one attached hydrogen (secondary N) is 2. The fourth-order valence-corrected chi connectivity index (χ4v) is 7.47. The Kier molecular flexibility index (Phi) is 9.38. The fraction of sp³-hybridized carbons (Fsp3) is 0.444. The zero-order valence-electron chi connectivity index (χ0n) is 26.3. The van der Waals surface area contributed by atoms with Gasteiger partial charge in [-0.1, -0.05) is 67.1 Å². The van der Waals surface area contributed by atoms with Crippen LogP contribution >= 0.6 is 0 Å². The number of alkyl halides is 3. The van der Waals surface area contributed by atoms with Gasteiger partial charge in [-0.2, -0.15) is 13.2 Å². The number of carbonyl (C=O) groups is 2. The van der Waals surface area contributed by atoms with E-state index < -0.39 is 17.6 Å². The summed E-state index contributed by atoms with van der Waals surface area (Å²) in [6, 6.07) is 22.5. The number of halogens is 3. The molecule has 2 saturated heterocycles. The van der Waals surface area contributed by atoms with E-state index in [9.17, 15) is 22.8 Å². The first kappa shape index (κ1) is 32.1. The molecule has 3 aromatic rings. The minimum Gasteiger partial charge on any atom is -0.368 e. The second-order valence-corrected chi connectivity index (χ2v) is 12.8. The maximum Gasteiger partial charge on any atom is 0.484 e. The van der Waals surface area contributed by atoms with E-state index in [1.807, 2.05) is 48.5 Å². The summed E-state index contributed by atoms with van der Waals surface area (Å²) in [5, 5.41) is 4.61. The van der Waals surface area contributed by atoms with Crippen LogP contribution in [0.2, 0.25) is 0 Å². The minimum absolute atomic E-state index is 0.0347. The SMILES string of the molecule is CN1CCN(c2ccccc2C(=O)NC2CCN(CCCCC3(C(=O)NC(F)(F)F)c4ccccc4-c4ccccc43)CC2)CC1. The number of benzene rings is 3. The number of likely N-dealkylation sites (N-methyl/N-ethyl adjacent to an activating group) is 1. The molecule has 0 aromatic heterocycles. The zero-order chi connectivity index (χ0) is 32.3.